The number of aliphatic hydroxyl groups is 1. The molecule has 4 heteroatoms. The fourth-order valence-corrected chi connectivity index (χ4v) is 2.61. The molecule has 0 bridgehead atoms. The van der Waals surface area contributed by atoms with Crippen molar-refractivity contribution in [3.8, 4) is 5.75 Å². The van der Waals surface area contributed by atoms with E-state index in [0.29, 0.717) is 19.1 Å². The fraction of sp³-hybridized carbons (Fsp3) is 0.571. The van der Waals surface area contributed by atoms with Crippen molar-refractivity contribution >= 4 is 15.9 Å². The van der Waals surface area contributed by atoms with Crippen molar-refractivity contribution in [2.75, 3.05) is 19.8 Å². The van der Waals surface area contributed by atoms with Crippen molar-refractivity contribution in [1.82, 2.24) is 0 Å². The molecule has 100 valence electrons. The van der Waals surface area contributed by atoms with Gasteiger partial charge in [0.2, 0.25) is 0 Å². The van der Waals surface area contributed by atoms with Crippen molar-refractivity contribution in [3.05, 3.63) is 28.7 Å². The molecule has 1 aliphatic carbocycles. The first kappa shape index (κ1) is 13.8. The highest BCUT2D eigenvalue weighted by atomic mass is 79.9. The molecule has 3 nitrogen and oxygen atoms in total. The molecule has 3 N–H and O–H groups in total. The summed E-state index contributed by atoms with van der Waals surface area (Å²) >= 11 is 3.39. The number of hydrogen-bond donors (Lipinski definition) is 2. The maximum absolute atomic E-state index is 9.58. The van der Waals surface area contributed by atoms with E-state index in [1.54, 1.807) is 0 Å². The Labute approximate surface area is 116 Å². The molecule has 1 aromatic carbocycles. The van der Waals surface area contributed by atoms with Gasteiger partial charge in [-0.1, -0.05) is 15.9 Å². The number of benzene rings is 1. The first-order valence-electron chi connectivity index (χ1n) is 6.39. The fourth-order valence-electron chi connectivity index (χ4n) is 2.34. The van der Waals surface area contributed by atoms with E-state index in [9.17, 15) is 5.11 Å². The minimum Gasteiger partial charge on any atom is -0.494 e. The highest BCUT2D eigenvalue weighted by Crippen LogP contribution is 2.46. The molecule has 18 heavy (non-hydrogen) atoms. The van der Waals surface area contributed by atoms with E-state index in [0.717, 1.165) is 16.6 Å². The monoisotopic (exact) mass is 313 g/mol. The van der Waals surface area contributed by atoms with Gasteiger partial charge in [-0.2, -0.15) is 0 Å². The summed E-state index contributed by atoms with van der Waals surface area (Å²) in [5.41, 5.74) is 5.71. The largest absolute Gasteiger partial charge is 0.494 e. The maximum atomic E-state index is 9.58. The Morgan fingerprint density at radius 3 is 2.50 bits per heavy atom. The Bertz CT molecular complexity index is 372. The summed E-state index contributed by atoms with van der Waals surface area (Å²) in [4.78, 5) is 0. The van der Waals surface area contributed by atoms with Crippen LogP contribution in [-0.2, 0) is 0 Å². The Morgan fingerprint density at radius 1 is 1.33 bits per heavy atom. The molecule has 0 aliphatic heterocycles. The molecular formula is C14H20BrNO2. The molecule has 1 unspecified atom stereocenters. The number of halogens is 1. The Morgan fingerprint density at radius 2 is 2.00 bits per heavy atom. The second-order valence-corrected chi connectivity index (χ2v) is 5.97. The molecular weight excluding hydrogens is 294 g/mol. The van der Waals surface area contributed by atoms with Crippen LogP contribution >= 0.6 is 15.9 Å². The van der Waals surface area contributed by atoms with Crippen LogP contribution in [0.1, 0.15) is 19.3 Å². The molecule has 0 amide bonds. The third kappa shape index (κ3) is 3.25. The van der Waals surface area contributed by atoms with Crippen molar-refractivity contribution < 1.29 is 9.84 Å². The quantitative estimate of drug-likeness (QED) is 0.813. The van der Waals surface area contributed by atoms with E-state index in [1.165, 1.54) is 12.8 Å². The van der Waals surface area contributed by atoms with Crippen molar-refractivity contribution in [3.63, 3.8) is 0 Å². The SMILES string of the molecule is NCC(CO)(CCOc1ccc(Br)cc1)C1CC1. The lowest BCUT2D eigenvalue weighted by Gasteiger charge is -2.30. The zero-order valence-electron chi connectivity index (χ0n) is 10.4. The van der Waals surface area contributed by atoms with Gasteiger partial charge in [0.05, 0.1) is 13.2 Å². The molecule has 1 saturated carbocycles. The Kier molecular flexibility index (Phi) is 4.65. The molecule has 0 saturated heterocycles. The first-order valence-corrected chi connectivity index (χ1v) is 7.19. The van der Waals surface area contributed by atoms with Crippen LogP contribution in [-0.4, -0.2) is 24.9 Å². The summed E-state index contributed by atoms with van der Waals surface area (Å²) in [6, 6.07) is 7.78. The predicted molar refractivity (Wildman–Crippen MR) is 75.6 cm³/mol. The molecule has 1 atom stereocenters. The summed E-state index contributed by atoms with van der Waals surface area (Å²) in [7, 11) is 0. The molecule has 0 radical (unpaired) electrons. The second-order valence-electron chi connectivity index (χ2n) is 5.05. The average molecular weight is 314 g/mol. The summed E-state index contributed by atoms with van der Waals surface area (Å²) in [5, 5.41) is 9.58. The van der Waals surface area contributed by atoms with Crippen LogP contribution in [0.25, 0.3) is 0 Å². The van der Waals surface area contributed by atoms with Crippen LogP contribution in [0.5, 0.6) is 5.75 Å². The standard InChI is InChI=1S/C14H20BrNO2/c15-12-3-5-13(6-4-12)18-8-7-14(9-16,10-17)11-1-2-11/h3-6,11,17H,1-2,7-10,16H2. The second kappa shape index (κ2) is 6.04. The van der Waals surface area contributed by atoms with Crippen molar-refractivity contribution in [2.24, 2.45) is 17.1 Å². The molecule has 0 spiro atoms. The molecule has 0 aromatic heterocycles. The molecule has 1 aromatic rings. The van der Waals surface area contributed by atoms with Gasteiger partial charge < -0.3 is 15.6 Å². The van der Waals surface area contributed by atoms with E-state index in [1.807, 2.05) is 24.3 Å². The third-order valence-corrected chi connectivity index (χ3v) is 4.38. The van der Waals surface area contributed by atoms with Crippen molar-refractivity contribution in [2.45, 2.75) is 19.3 Å². The zero-order valence-corrected chi connectivity index (χ0v) is 12.0. The molecule has 1 aliphatic rings. The smallest absolute Gasteiger partial charge is 0.119 e. The summed E-state index contributed by atoms with van der Waals surface area (Å²) in [6.07, 6.45) is 3.20. The van der Waals surface area contributed by atoms with Gasteiger partial charge in [-0.15, -0.1) is 0 Å². The molecule has 0 heterocycles. The highest BCUT2D eigenvalue weighted by molar-refractivity contribution is 9.10. The van der Waals surface area contributed by atoms with Gasteiger partial charge >= 0.3 is 0 Å². The van der Waals surface area contributed by atoms with Gasteiger partial charge in [0.1, 0.15) is 5.75 Å². The topological polar surface area (TPSA) is 55.5 Å². The van der Waals surface area contributed by atoms with Gasteiger partial charge in [0.25, 0.3) is 0 Å². The van der Waals surface area contributed by atoms with Crippen molar-refractivity contribution in [1.29, 1.82) is 0 Å². The zero-order chi connectivity index (χ0) is 13.0. The number of nitrogens with two attached hydrogens (primary N) is 1. The van der Waals surface area contributed by atoms with E-state index >= 15 is 0 Å². The lowest BCUT2D eigenvalue weighted by molar-refractivity contribution is 0.0816. The lowest BCUT2D eigenvalue weighted by atomic mass is 9.80. The number of ether oxygens (including phenoxy) is 1. The number of rotatable bonds is 7. The Balaban J connectivity index is 1.85. The van der Waals surface area contributed by atoms with Crippen LogP contribution < -0.4 is 10.5 Å². The Hall–Kier alpha value is -0.580. The number of aliphatic hydroxyl groups excluding tert-OH is 1. The molecule has 1 fully saturated rings. The van der Waals surface area contributed by atoms with Crippen LogP contribution in [0.4, 0.5) is 0 Å². The first-order chi connectivity index (χ1) is 8.70. The van der Waals surface area contributed by atoms with E-state index in [4.69, 9.17) is 10.5 Å². The van der Waals surface area contributed by atoms with E-state index < -0.39 is 0 Å². The minimum atomic E-state index is -0.130. The lowest BCUT2D eigenvalue weighted by Crippen LogP contribution is -2.38. The van der Waals surface area contributed by atoms with Gasteiger partial charge in [0.15, 0.2) is 0 Å². The van der Waals surface area contributed by atoms with Gasteiger partial charge in [-0.25, -0.2) is 0 Å². The summed E-state index contributed by atoms with van der Waals surface area (Å²) in [5.74, 6) is 1.44. The van der Waals surface area contributed by atoms with Gasteiger partial charge in [-0.05, 0) is 49.4 Å². The normalized spacial score (nSPS) is 18.4. The van der Waals surface area contributed by atoms with Crippen LogP contribution in [0.3, 0.4) is 0 Å². The van der Waals surface area contributed by atoms with Gasteiger partial charge in [0, 0.05) is 16.4 Å². The predicted octanol–water partition coefficient (Wildman–Crippen LogP) is 2.57. The van der Waals surface area contributed by atoms with Crippen LogP contribution in [0.15, 0.2) is 28.7 Å². The highest BCUT2D eigenvalue weighted by Gasteiger charge is 2.43. The van der Waals surface area contributed by atoms with Crippen LogP contribution in [0.2, 0.25) is 0 Å². The molecule has 2 rings (SSSR count). The number of hydrogen-bond acceptors (Lipinski definition) is 3. The van der Waals surface area contributed by atoms with E-state index in [-0.39, 0.29) is 12.0 Å². The van der Waals surface area contributed by atoms with E-state index in [2.05, 4.69) is 15.9 Å². The minimum absolute atomic E-state index is 0.130. The maximum Gasteiger partial charge on any atom is 0.119 e. The van der Waals surface area contributed by atoms with Crippen LogP contribution in [0, 0.1) is 11.3 Å². The van der Waals surface area contributed by atoms with Gasteiger partial charge in [-0.3, -0.25) is 0 Å². The summed E-state index contributed by atoms with van der Waals surface area (Å²) in [6.45, 7) is 1.31. The summed E-state index contributed by atoms with van der Waals surface area (Å²) < 4.78 is 6.75. The third-order valence-electron chi connectivity index (χ3n) is 3.85. The average Bonchev–Trinajstić information content (AvgIpc) is 3.22.